The zero-order valence-corrected chi connectivity index (χ0v) is 21.7. The highest BCUT2D eigenvalue weighted by atomic mass is 16.4. The van der Waals surface area contributed by atoms with E-state index in [1.165, 1.54) is 13.0 Å². The SMILES string of the molecule is C=C=Cc1ccc2c(c1O)C(O)=C1C(=O)[C@@]3(O)C(O)=C(C(C)=O)C(=O)C(C(C)C)[C@@]3(C)[C@H](O)[C@@]1(C)[C@@H]2C. The number of aromatic hydroxyl groups is 1. The molecule has 0 amide bonds. The van der Waals surface area contributed by atoms with Gasteiger partial charge >= 0.3 is 0 Å². The first kappa shape index (κ1) is 26.6. The number of Topliss-reactive ketones (excluding diaryl/α,β-unsaturated/α-hetero) is 3. The van der Waals surface area contributed by atoms with E-state index in [1.807, 2.05) is 0 Å². The van der Waals surface area contributed by atoms with Gasteiger partial charge < -0.3 is 25.5 Å². The maximum Gasteiger partial charge on any atom is 0.203 e. The molecule has 1 saturated carbocycles. The maximum absolute atomic E-state index is 14.3. The van der Waals surface area contributed by atoms with Crippen molar-refractivity contribution in [3.8, 4) is 5.75 Å². The molecule has 1 unspecified atom stereocenters. The zero-order chi connectivity index (χ0) is 28.0. The summed E-state index contributed by atoms with van der Waals surface area (Å²) in [6.07, 6.45) is -0.258. The molecule has 1 fully saturated rings. The quantitative estimate of drug-likeness (QED) is 0.307. The fraction of sp³-hybridized carbons (Fsp3) is 0.448. The normalized spacial score (nSPS) is 35.1. The van der Waals surface area contributed by atoms with Crippen molar-refractivity contribution >= 4 is 29.2 Å². The van der Waals surface area contributed by atoms with Crippen LogP contribution in [-0.2, 0) is 14.4 Å². The summed E-state index contributed by atoms with van der Waals surface area (Å²) in [5.74, 6) is -7.34. The Hall–Kier alpha value is -3.45. The van der Waals surface area contributed by atoms with Crippen LogP contribution in [0.5, 0.6) is 5.75 Å². The van der Waals surface area contributed by atoms with Crippen molar-refractivity contribution in [2.45, 2.75) is 59.2 Å². The van der Waals surface area contributed by atoms with Crippen LogP contribution in [0.2, 0.25) is 0 Å². The van der Waals surface area contributed by atoms with Crippen molar-refractivity contribution in [1.82, 2.24) is 0 Å². The average Bonchev–Trinajstić information content (AvgIpc) is 2.80. The largest absolute Gasteiger partial charge is 0.508 e. The van der Waals surface area contributed by atoms with Crippen LogP contribution < -0.4 is 0 Å². The molecule has 0 saturated heterocycles. The Morgan fingerprint density at radius 3 is 2.27 bits per heavy atom. The van der Waals surface area contributed by atoms with Gasteiger partial charge in [-0.1, -0.05) is 53.3 Å². The Bertz CT molecular complexity index is 1390. The molecule has 0 heterocycles. The van der Waals surface area contributed by atoms with Crippen molar-refractivity contribution < 1.29 is 39.9 Å². The Morgan fingerprint density at radius 1 is 1.16 bits per heavy atom. The topological polar surface area (TPSA) is 152 Å². The van der Waals surface area contributed by atoms with E-state index in [4.69, 9.17) is 0 Å². The summed E-state index contributed by atoms with van der Waals surface area (Å²) in [6, 6.07) is 3.24. The summed E-state index contributed by atoms with van der Waals surface area (Å²) in [5.41, 5.74) is -4.31. The van der Waals surface area contributed by atoms with E-state index >= 15 is 0 Å². The molecule has 8 nitrogen and oxygen atoms in total. The summed E-state index contributed by atoms with van der Waals surface area (Å²) in [5, 5.41) is 57.8. The molecule has 4 rings (SSSR count). The molecule has 6 atom stereocenters. The second-order valence-electron chi connectivity index (χ2n) is 11.1. The number of carbonyl (C=O) groups excluding carboxylic acids is 3. The first-order valence-corrected chi connectivity index (χ1v) is 12.2. The first-order valence-electron chi connectivity index (χ1n) is 12.2. The van der Waals surface area contributed by atoms with E-state index in [9.17, 15) is 39.9 Å². The lowest BCUT2D eigenvalue weighted by molar-refractivity contribution is -0.215. The molecule has 5 N–H and O–H groups in total. The van der Waals surface area contributed by atoms with Gasteiger partial charge in [0.25, 0.3) is 0 Å². The molecule has 0 spiro atoms. The third kappa shape index (κ3) is 2.83. The molecule has 196 valence electrons. The van der Waals surface area contributed by atoms with Gasteiger partial charge in [0.15, 0.2) is 17.2 Å². The Morgan fingerprint density at radius 2 is 1.76 bits per heavy atom. The second kappa shape index (κ2) is 8.02. The number of aliphatic hydroxyl groups is 4. The molecular formula is C29H32O8. The molecule has 0 aromatic heterocycles. The summed E-state index contributed by atoms with van der Waals surface area (Å²) >= 11 is 0. The van der Waals surface area contributed by atoms with Crippen molar-refractivity contribution in [2.75, 3.05) is 0 Å². The third-order valence-corrected chi connectivity index (χ3v) is 9.12. The number of phenolic OH excluding ortho intramolecular Hbond substituents is 1. The Balaban J connectivity index is 2.18. The van der Waals surface area contributed by atoms with Gasteiger partial charge in [0.05, 0.1) is 17.2 Å². The van der Waals surface area contributed by atoms with E-state index in [-0.39, 0.29) is 16.9 Å². The summed E-state index contributed by atoms with van der Waals surface area (Å²) < 4.78 is 0. The zero-order valence-electron chi connectivity index (χ0n) is 21.7. The highest BCUT2D eigenvalue weighted by Crippen LogP contribution is 2.67. The summed E-state index contributed by atoms with van der Waals surface area (Å²) in [6.45, 7) is 12.5. The maximum atomic E-state index is 14.3. The van der Waals surface area contributed by atoms with Gasteiger partial charge in [-0.25, -0.2) is 0 Å². The molecule has 1 aromatic carbocycles. The van der Waals surface area contributed by atoms with Gasteiger partial charge in [0, 0.05) is 22.3 Å². The number of phenols is 1. The van der Waals surface area contributed by atoms with Crippen LogP contribution in [0.25, 0.3) is 11.8 Å². The van der Waals surface area contributed by atoms with Crippen LogP contribution in [-0.4, -0.2) is 54.6 Å². The number of hydrogen-bond donors (Lipinski definition) is 5. The van der Waals surface area contributed by atoms with E-state index in [2.05, 4.69) is 12.3 Å². The molecule has 0 radical (unpaired) electrons. The van der Waals surface area contributed by atoms with Crippen molar-refractivity contribution in [3.63, 3.8) is 0 Å². The predicted molar refractivity (Wildman–Crippen MR) is 136 cm³/mol. The number of allylic oxidation sites excluding steroid dienone is 1. The van der Waals surface area contributed by atoms with Gasteiger partial charge in [-0.15, -0.1) is 5.73 Å². The number of aliphatic hydroxyl groups excluding tert-OH is 3. The Labute approximate surface area is 215 Å². The molecule has 3 aliphatic carbocycles. The molecule has 8 heteroatoms. The second-order valence-corrected chi connectivity index (χ2v) is 11.1. The summed E-state index contributed by atoms with van der Waals surface area (Å²) in [4.78, 5) is 40.3. The fourth-order valence-electron chi connectivity index (χ4n) is 7.17. The highest BCUT2D eigenvalue weighted by molar-refractivity contribution is 6.24. The van der Waals surface area contributed by atoms with Crippen LogP contribution >= 0.6 is 0 Å². The molecular weight excluding hydrogens is 476 g/mol. The first-order chi connectivity index (χ1) is 17.1. The number of benzene rings is 1. The van der Waals surface area contributed by atoms with E-state index in [0.29, 0.717) is 5.56 Å². The third-order valence-electron chi connectivity index (χ3n) is 9.12. The van der Waals surface area contributed by atoms with Gasteiger partial charge in [0.2, 0.25) is 5.78 Å². The minimum absolute atomic E-state index is 0.0562. The lowest BCUT2D eigenvalue weighted by atomic mass is 9.40. The van der Waals surface area contributed by atoms with Gasteiger partial charge in [-0.3, -0.25) is 14.4 Å². The van der Waals surface area contributed by atoms with Crippen LogP contribution in [0.3, 0.4) is 0 Å². The lowest BCUT2D eigenvalue weighted by Crippen LogP contribution is -2.75. The minimum Gasteiger partial charge on any atom is -0.508 e. The van der Waals surface area contributed by atoms with Crippen molar-refractivity contribution in [3.05, 3.63) is 58.0 Å². The monoisotopic (exact) mass is 508 g/mol. The number of rotatable bonds is 3. The molecule has 0 bridgehead atoms. The van der Waals surface area contributed by atoms with Crippen LogP contribution in [0.1, 0.15) is 64.2 Å². The van der Waals surface area contributed by atoms with Gasteiger partial charge in [0.1, 0.15) is 22.8 Å². The number of ketones is 3. The van der Waals surface area contributed by atoms with Crippen LogP contribution in [0, 0.1) is 22.7 Å². The van der Waals surface area contributed by atoms with Crippen LogP contribution in [0.4, 0.5) is 0 Å². The molecule has 37 heavy (non-hydrogen) atoms. The van der Waals surface area contributed by atoms with Gasteiger partial charge in [-0.05, 0) is 30.4 Å². The minimum atomic E-state index is -2.90. The highest BCUT2D eigenvalue weighted by Gasteiger charge is 2.77. The van der Waals surface area contributed by atoms with Crippen LogP contribution in [0.15, 0.2) is 41.3 Å². The number of fused-ring (bicyclic) bond motifs is 3. The summed E-state index contributed by atoms with van der Waals surface area (Å²) in [7, 11) is 0. The molecule has 0 aliphatic heterocycles. The van der Waals surface area contributed by atoms with Crippen molar-refractivity contribution in [2.24, 2.45) is 22.7 Å². The molecule has 1 aromatic rings. The average molecular weight is 509 g/mol. The number of hydrogen-bond acceptors (Lipinski definition) is 8. The van der Waals surface area contributed by atoms with E-state index < -0.39 is 80.3 Å². The predicted octanol–water partition coefficient (Wildman–Crippen LogP) is 3.52. The Kier molecular flexibility index (Phi) is 5.77. The van der Waals surface area contributed by atoms with E-state index in [0.717, 1.165) is 6.92 Å². The van der Waals surface area contributed by atoms with Crippen molar-refractivity contribution in [1.29, 1.82) is 0 Å². The fourth-order valence-corrected chi connectivity index (χ4v) is 7.17. The smallest absolute Gasteiger partial charge is 0.203 e. The standard InChI is InChI=1S/C29H32O8/c1-8-9-15-10-11-16-13(4)27(6)20(23(33)18(16)21(15)31)25(35)29(37)24(34)17(14(5)30)22(32)19(12(2)3)28(29,7)26(27)36/h9-13,19,26,31,33-34,36-37H,1H2,2-7H3/t13-,19?,26-,27+,28+,29+/m1/s1. The van der Waals surface area contributed by atoms with E-state index in [1.54, 1.807) is 39.8 Å². The van der Waals surface area contributed by atoms with Gasteiger partial charge in [-0.2, -0.15) is 0 Å². The number of carbonyl (C=O) groups is 3. The molecule has 3 aliphatic rings. The lowest BCUT2D eigenvalue weighted by Gasteiger charge is -2.63.